The monoisotopic (exact) mass is 241 g/mol. The van der Waals surface area contributed by atoms with E-state index >= 15 is 0 Å². The smallest absolute Gasteiger partial charge is 0.0537 e. The molecule has 4 heteroatoms. The first kappa shape index (κ1) is 13.6. The standard InChI is InChI=1S/C12H23N3S/c1-4-7-13-12(6-8-16-3)11-9-14-15(5-2)10-11/h9-10,12-13H,4-8H2,1-3H3. The first-order valence-electron chi connectivity index (χ1n) is 6.06. The fourth-order valence-electron chi connectivity index (χ4n) is 1.67. The molecule has 0 bridgehead atoms. The van der Waals surface area contributed by atoms with E-state index in [1.165, 1.54) is 24.2 Å². The first-order chi connectivity index (χ1) is 7.81. The summed E-state index contributed by atoms with van der Waals surface area (Å²) in [6.07, 6.45) is 8.67. The van der Waals surface area contributed by atoms with Gasteiger partial charge in [-0.3, -0.25) is 4.68 Å². The summed E-state index contributed by atoms with van der Waals surface area (Å²) in [6.45, 7) is 6.35. The summed E-state index contributed by atoms with van der Waals surface area (Å²) in [6, 6.07) is 0.465. The molecular weight excluding hydrogens is 218 g/mol. The van der Waals surface area contributed by atoms with Crippen LogP contribution in [0.15, 0.2) is 12.4 Å². The number of hydrogen-bond acceptors (Lipinski definition) is 3. The second kappa shape index (κ2) is 7.74. The summed E-state index contributed by atoms with van der Waals surface area (Å²) in [5.41, 5.74) is 1.32. The minimum absolute atomic E-state index is 0.465. The average Bonchev–Trinajstić information content (AvgIpc) is 2.78. The Morgan fingerprint density at radius 3 is 2.88 bits per heavy atom. The van der Waals surface area contributed by atoms with Gasteiger partial charge in [0.1, 0.15) is 0 Å². The maximum Gasteiger partial charge on any atom is 0.0537 e. The van der Waals surface area contributed by atoms with Crippen molar-refractivity contribution in [1.82, 2.24) is 15.1 Å². The van der Waals surface area contributed by atoms with E-state index in [2.05, 4.69) is 36.7 Å². The van der Waals surface area contributed by atoms with Crippen LogP contribution in [-0.2, 0) is 6.54 Å². The van der Waals surface area contributed by atoms with Gasteiger partial charge in [-0.05, 0) is 38.3 Å². The van der Waals surface area contributed by atoms with Gasteiger partial charge in [0.2, 0.25) is 0 Å². The molecule has 1 rings (SSSR count). The molecule has 16 heavy (non-hydrogen) atoms. The molecule has 0 aliphatic heterocycles. The Kier molecular flexibility index (Phi) is 6.57. The van der Waals surface area contributed by atoms with Gasteiger partial charge in [-0.2, -0.15) is 16.9 Å². The molecule has 92 valence electrons. The molecule has 1 aromatic rings. The number of thioether (sulfide) groups is 1. The fraction of sp³-hybridized carbons (Fsp3) is 0.750. The second-order valence-corrected chi connectivity index (χ2v) is 4.90. The Morgan fingerprint density at radius 1 is 1.50 bits per heavy atom. The molecule has 1 aromatic heterocycles. The summed E-state index contributed by atoms with van der Waals surface area (Å²) < 4.78 is 2.00. The maximum atomic E-state index is 4.34. The van der Waals surface area contributed by atoms with E-state index < -0.39 is 0 Å². The van der Waals surface area contributed by atoms with Crippen LogP contribution in [0.25, 0.3) is 0 Å². The predicted octanol–water partition coefficient (Wildman–Crippen LogP) is 2.70. The highest BCUT2D eigenvalue weighted by atomic mass is 32.2. The normalized spacial score (nSPS) is 12.9. The molecule has 1 unspecified atom stereocenters. The van der Waals surface area contributed by atoms with E-state index in [4.69, 9.17) is 0 Å². The topological polar surface area (TPSA) is 29.9 Å². The quantitative estimate of drug-likeness (QED) is 0.759. The van der Waals surface area contributed by atoms with Crippen molar-refractivity contribution in [2.24, 2.45) is 0 Å². The van der Waals surface area contributed by atoms with Gasteiger partial charge in [0, 0.05) is 24.3 Å². The van der Waals surface area contributed by atoms with Crippen molar-refractivity contribution in [3.8, 4) is 0 Å². The summed E-state index contributed by atoms with van der Waals surface area (Å²) in [5, 5.41) is 7.93. The highest BCUT2D eigenvalue weighted by molar-refractivity contribution is 7.98. The molecule has 0 aromatic carbocycles. The van der Waals surface area contributed by atoms with Gasteiger partial charge in [-0.15, -0.1) is 0 Å². The van der Waals surface area contributed by atoms with Gasteiger partial charge < -0.3 is 5.32 Å². The van der Waals surface area contributed by atoms with Crippen LogP contribution >= 0.6 is 11.8 Å². The molecule has 1 N–H and O–H groups in total. The lowest BCUT2D eigenvalue weighted by Gasteiger charge is -2.16. The van der Waals surface area contributed by atoms with Crippen molar-refractivity contribution in [3.05, 3.63) is 18.0 Å². The molecule has 0 aliphatic rings. The van der Waals surface area contributed by atoms with Crippen LogP contribution in [0, 0.1) is 0 Å². The molecule has 0 fully saturated rings. The molecular formula is C12H23N3S. The number of aromatic nitrogens is 2. The van der Waals surface area contributed by atoms with Crippen LogP contribution in [0.3, 0.4) is 0 Å². The largest absolute Gasteiger partial charge is 0.310 e. The number of nitrogens with zero attached hydrogens (tertiary/aromatic N) is 2. The zero-order valence-electron chi connectivity index (χ0n) is 10.6. The van der Waals surface area contributed by atoms with Gasteiger partial charge in [0.05, 0.1) is 6.20 Å². The molecule has 0 amide bonds. The van der Waals surface area contributed by atoms with Crippen LogP contribution in [0.1, 0.15) is 38.3 Å². The molecule has 0 spiro atoms. The summed E-state index contributed by atoms with van der Waals surface area (Å²) in [5.74, 6) is 1.19. The fourth-order valence-corrected chi connectivity index (χ4v) is 2.14. The van der Waals surface area contributed by atoms with E-state index in [9.17, 15) is 0 Å². The van der Waals surface area contributed by atoms with Gasteiger partial charge >= 0.3 is 0 Å². The van der Waals surface area contributed by atoms with Gasteiger partial charge in [0.25, 0.3) is 0 Å². The van der Waals surface area contributed by atoms with Crippen molar-refractivity contribution < 1.29 is 0 Å². The van der Waals surface area contributed by atoms with Gasteiger partial charge in [-0.1, -0.05) is 6.92 Å². The van der Waals surface area contributed by atoms with Crippen molar-refractivity contribution >= 4 is 11.8 Å². The molecule has 3 nitrogen and oxygen atoms in total. The Balaban J connectivity index is 2.58. The number of aryl methyl sites for hydroxylation is 1. The van der Waals surface area contributed by atoms with Crippen LogP contribution in [0.5, 0.6) is 0 Å². The average molecular weight is 241 g/mol. The summed E-state index contributed by atoms with van der Waals surface area (Å²) in [7, 11) is 0. The van der Waals surface area contributed by atoms with Crippen LogP contribution in [0.2, 0.25) is 0 Å². The summed E-state index contributed by atoms with van der Waals surface area (Å²) >= 11 is 1.90. The molecule has 0 radical (unpaired) electrons. The Morgan fingerprint density at radius 2 is 2.31 bits per heavy atom. The van der Waals surface area contributed by atoms with Crippen molar-refractivity contribution in [2.45, 2.75) is 39.3 Å². The Hall–Kier alpha value is -0.480. The zero-order valence-corrected chi connectivity index (χ0v) is 11.4. The second-order valence-electron chi connectivity index (χ2n) is 3.92. The predicted molar refractivity (Wildman–Crippen MR) is 71.9 cm³/mol. The Labute approximate surface area is 103 Å². The van der Waals surface area contributed by atoms with Gasteiger partial charge in [0.15, 0.2) is 0 Å². The van der Waals surface area contributed by atoms with Crippen LogP contribution in [-0.4, -0.2) is 28.3 Å². The number of rotatable bonds is 8. The molecule has 1 atom stereocenters. The SMILES string of the molecule is CCCNC(CCSC)c1cnn(CC)c1. The minimum atomic E-state index is 0.465. The molecule has 0 saturated heterocycles. The van der Waals surface area contributed by atoms with E-state index in [1.807, 2.05) is 22.6 Å². The van der Waals surface area contributed by atoms with Crippen LogP contribution < -0.4 is 5.32 Å². The van der Waals surface area contributed by atoms with E-state index in [-0.39, 0.29) is 0 Å². The van der Waals surface area contributed by atoms with Crippen molar-refractivity contribution in [2.75, 3.05) is 18.6 Å². The van der Waals surface area contributed by atoms with E-state index in [0.29, 0.717) is 6.04 Å². The third kappa shape index (κ3) is 4.18. The van der Waals surface area contributed by atoms with E-state index in [1.54, 1.807) is 0 Å². The lowest BCUT2D eigenvalue weighted by Crippen LogP contribution is -2.22. The number of hydrogen-bond donors (Lipinski definition) is 1. The highest BCUT2D eigenvalue weighted by Crippen LogP contribution is 2.18. The lowest BCUT2D eigenvalue weighted by molar-refractivity contribution is 0.520. The number of nitrogens with one attached hydrogen (secondary N) is 1. The maximum absolute atomic E-state index is 4.34. The first-order valence-corrected chi connectivity index (χ1v) is 7.45. The summed E-state index contributed by atoms with van der Waals surface area (Å²) in [4.78, 5) is 0. The minimum Gasteiger partial charge on any atom is -0.310 e. The van der Waals surface area contributed by atoms with Crippen LogP contribution in [0.4, 0.5) is 0 Å². The molecule has 0 aliphatic carbocycles. The molecule has 1 heterocycles. The lowest BCUT2D eigenvalue weighted by atomic mass is 10.1. The van der Waals surface area contributed by atoms with Crippen molar-refractivity contribution in [3.63, 3.8) is 0 Å². The van der Waals surface area contributed by atoms with Crippen molar-refractivity contribution in [1.29, 1.82) is 0 Å². The van der Waals surface area contributed by atoms with Gasteiger partial charge in [-0.25, -0.2) is 0 Å². The zero-order chi connectivity index (χ0) is 11.8. The molecule has 0 saturated carbocycles. The third-order valence-electron chi connectivity index (χ3n) is 2.63. The third-order valence-corrected chi connectivity index (χ3v) is 3.27. The highest BCUT2D eigenvalue weighted by Gasteiger charge is 2.11. The van der Waals surface area contributed by atoms with E-state index in [0.717, 1.165) is 13.1 Å². The Bertz CT molecular complexity index is 278.